The maximum Gasteiger partial charge on any atom is 0.333 e. The molecule has 2 aliphatic heterocycles. The smallest absolute Gasteiger partial charge is 0.333 e. The van der Waals surface area contributed by atoms with E-state index in [0.29, 0.717) is 11.3 Å². The number of rotatable bonds is 19. The Morgan fingerprint density at radius 3 is 2.45 bits per heavy atom. The summed E-state index contributed by atoms with van der Waals surface area (Å²) in [5, 5.41) is 23.9. The number of hydrogen-bond donors (Lipinski definition) is 5. The maximum atomic E-state index is 12.5. The third-order valence-corrected chi connectivity index (χ3v) is 7.56. The summed E-state index contributed by atoms with van der Waals surface area (Å²) in [5.41, 5.74) is 0.419. The molecule has 20 heteroatoms. The van der Waals surface area contributed by atoms with Gasteiger partial charge >= 0.3 is 11.9 Å². The van der Waals surface area contributed by atoms with Crippen LogP contribution in [-0.4, -0.2) is 127 Å². The van der Waals surface area contributed by atoms with Gasteiger partial charge in [0.1, 0.15) is 36.5 Å². The van der Waals surface area contributed by atoms with Crippen molar-refractivity contribution < 1.29 is 75.6 Å². The molecule has 0 saturated carbocycles. The lowest BCUT2D eigenvalue weighted by molar-refractivity contribution is -0.195. The Morgan fingerprint density at radius 1 is 1.08 bits per heavy atom. The van der Waals surface area contributed by atoms with Crippen molar-refractivity contribution in [1.82, 2.24) is 15.5 Å². The monoisotopic (exact) mass is 715 g/mol. The minimum atomic E-state index is -4.69. The Hall–Kier alpha value is -4.63. The fourth-order valence-corrected chi connectivity index (χ4v) is 5.14. The number of nitrogens with one attached hydrogen (secondary N) is 2. The van der Waals surface area contributed by atoms with Crippen LogP contribution in [-0.2, 0) is 59.7 Å². The van der Waals surface area contributed by atoms with E-state index in [1.165, 1.54) is 13.0 Å². The van der Waals surface area contributed by atoms with E-state index in [4.69, 9.17) is 23.7 Å². The first-order chi connectivity index (χ1) is 23.1. The number of nitrogens with zero attached hydrogens (tertiary/aromatic N) is 1. The van der Waals surface area contributed by atoms with Crippen molar-refractivity contribution >= 4 is 45.7 Å². The summed E-state index contributed by atoms with van der Waals surface area (Å²) in [6, 6.07) is 2.90. The number of ether oxygens (including phenoxy) is 5. The summed E-state index contributed by atoms with van der Waals surface area (Å²) in [7, 11) is -4.69. The zero-order valence-corrected chi connectivity index (χ0v) is 27.1. The number of aliphatic hydroxyl groups is 1. The Morgan fingerprint density at radius 2 is 1.80 bits per heavy atom. The molecular weight excluding hydrogens is 678 g/mol. The Bertz CT molecular complexity index is 1510. The first kappa shape index (κ1) is 38.8. The highest BCUT2D eigenvalue weighted by Crippen LogP contribution is 2.30. The Labute approximate surface area is 280 Å². The van der Waals surface area contributed by atoms with Gasteiger partial charge in [-0.2, -0.15) is 8.42 Å². The van der Waals surface area contributed by atoms with Crippen LogP contribution >= 0.6 is 0 Å². The first-order valence-corrected chi connectivity index (χ1v) is 16.5. The number of hydrogen-bond acceptors (Lipinski definition) is 14. The summed E-state index contributed by atoms with van der Waals surface area (Å²) in [5.74, 6) is -5.49. The zero-order chi connectivity index (χ0) is 36.1. The molecule has 1 aromatic carbocycles. The molecule has 3 rings (SSSR count). The van der Waals surface area contributed by atoms with Crippen LogP contribution in [0.5, 0.6) is 11.5 Å². The highest BCUT2D eigenvalue weighted by Gasteiger charge is 2.34. The quantitative estimate of drug-likeness (QED) is 0.0461. The molecule has 2 aliphatic rings. The molecule has 49 heavy (non-hydrogen) atoms. The maximum absolute atomic E-state index is 12.5. The molecular formula is C29H37N3O16S. The van der Waals surface area contributed by atoms with E-state index in [9.17, 15) is 52.0 Å². The number of imide groups is 1. The molecule has 0 spiro atoms. The number of benzene rings is 1. The van der Waals surface area contributed by atoms with Crippen LogP contribution in [0.15, 0.2) is 30.4 Å². The van der Waals surface area contributed by atoms with Gasteiger partial charge in [0.25, 0.3) is 21.9 Å². The summed E-state index contributed by atoms with van der Waals surface area (Å²) >= 11 is 0. The number of aliphatic carboxylic acids is 1. The molecule has 0 bridgehead atoms. The van der Waals surface area contributed by atoms with Crippen molar-refractivity contribution in [3.8, 4) is 11.5 Å². The molecule has 5 N–H and O–H groups in total. The highest BCUT2D eigenvalue weighted by molar-refractivity contribution is 7.85. The second-order valence-corrected chi connectivity index (χ2v) is 12.2. The van der Waals surface area contributed by atoms with Crippen LogP contribution in [0.4, 0.5) is 0 Å². The van der Waals surface area contributed by atoms with Crippen LogP contribution in [0.2, 0.25) is 0 Å². The third kappa shape index (κ3) is 13.4. The SMILES string of the molecule is CC(=O)OCc1ccc(OCCOCCNC(=O)C(CS(=O)(=O)O)NC(=O)CCN2C(=O)C=CC2=O)cc1OC1CC(O)CC(C(=O)O)O1. The highest BCUT2D eigenvalue weighted by atomic mass is 32.2. The molecule has 2 heterocycles. The average molecular weight is 716 g/mol. The van der Waals surface area contributed by atoms with Gasteiger partial charge in [-0.25, -0.2) is 4.79 Å². The van der Waals surface area contributed by atoms with Crippen molar-refractivity contribution in [3.63, 3.8) is 0 Å². The molecule has 270 valence electrons. The van der Waals surface area contributed by atoms with E-state index < -0.39 is 82.4 Å². The van der Waals surface area contributed by atoms with Gasteiger partial charge in [0.15, 0.2) is 6.10 Å². The van der Waals surface area contributed by atoms with E-state index in [0.717, 1.165) is 17.1 Å². The standard InChI is InChI=1S/C29H37N3O16S/c1-17(33)46-15-18-2-3-20(14-22(18)47-27-13-19(34)12-23(48-27)29(39)40)45-11-10-44-9-7-30-28(38)21(16-49(41,42)43)31-24(35)6-8-32-25(36)4-5-26(32)37/h2-5,14,19,21,23,27,34H,6-13,15-16H2,1H3,(H,30,38)(H,31,35)(H,39,40)(H,41,42,43). The zero-order valence-electron chi connectivity index (χ0n) is 26.3. The predicted molar refractivity (Wildman–Crippen MR) is 162 cm³/mol. The topological polar surface area (TPSA) is 271 Å². The number of esters is 1. The van der Waals surface area contributed by atoms with Gasteiger partial charge in [-0.3, -0.25) is 33.4 Å². The summed E-state index contributed by atoms with van der Waals surface area (Å²) in [6.07, 6.45) is -1.82. The number of amides is 4. The molecule has 0 aliphatic carbocycles. The van der Waals surface area contributed by atoms with E-state index in [-0.39, 0.29) is 58.1 Å². The van der Waals surface area contributed by atoms with Gasteiger partial charge in [-0.1, -0.05) is 0 Å². The van der Waals surface area contributed by atoms with Crippen LogP contribution in [0.1, 0.15) is 31.7 Å². The van der Waals surface area contributed by atoms with Crippen LogP contribution < -0.4 is 20.1 Å². The van der Waals surface area contributed by atoms with Crippen molar-refractivity contribution in [1.29, 1.82) is 0 Å². The summed E-state index contributed by atoms with van der Waals surface area (Å²) < 4.78 is 59.4. The molecule has 0 aromatic heterocycles. The number of carboxylic acid groups (broad SMARTS) is 1. The molecule has 4 unspecified atom stereocenters. The largest absolute Gasteiger partial charge is 0.491 e. The Balaban J connectivity index is 1.45. The number of carbonyl (C=O) groups is 6. The van der Waals surface area contributed by atoms with Gasteiger partial charge < -0.3 is 44.5 Å². The first-order valence-electron chi connectivity index (χ1n) is 14.9. The third-order valence-electron chi connectivity index (χ3n) is 6.80. The van der Waals surface area contributed by atoms with Gasteiger partial charge in [0.2, 0.25) is 18.1 Å². The second kappa shape index (κ2) is 18.2. The van der Waals surface area contributed by atoms with Crippen LogP contribution in [0.25, 0.3) is 0 Å². The van der Waals surface area contributed by atoms with Gasteiger partial charge in [-0.15, -0.1) is 0 Å². The number of aliphatic hydroxyl groups excluding tert-OH is 1. The van der Waals surface area contributed by atoms with E-state index in [1.807, 2.05) is 0 Å². The molecule has 4 amide bonds. The molecule has 0 radical (unpaired) electrons. The van der Waals surface area contributed by atoms with Crippen molar-refractivity contribution in [2.45, 2.75) is 57.3 Å². The number of carbonyl (C=O) groups excluding carboxylic acids is 5. The van der Waals surface area contributed by atoms with Crippen molar-refractivity contribution in [2.24, 2.45) is 0 Å². The van der Waals surface area contributed by atoms with E-state index in [1.54, 1.807) is 12.1 Å². The Kier molecular flexibility index (Phi) is 14.4. The van der Waals surface area contributed by atoms with Crippen LogP contribution in [0.3, 0.4) is 0 Å². The molecule has 19 nitrogen and oxygen atoms in total. The summed E-state index contributed by atoms with van der Waals surface area (Å²) in [4.78, 5) is 71.6. The lowest BCUT2D eigenvalue weighted by atomic mass is 10.1. The molecule has 4 atom stereocenters. The molecule has 1 aromatic rings. The van der Waals surface area contributed by atoms with Crippen LogP contribution in [0, 0.1) is 0 Å². The van der Waals surface area contributed by atoms with Gasteiger partial charge in [0, 0.05) is 63.1 Å². The predicted octanol–water partition coefficient (Wildman–Crippen LogP) is -1.72. The lowest BCUT2D eigenvalue weighted by Gasteiger charge is -2.31. The lowest BCUT2D eigenvalue weighted by Crippen LogP contribution is -2.51. The van der Waals surface area contributed by atoms with Crippen molar-refractivity contribution in [3.05, 3.63) is 35.9 Å². The fourth-order valence-electron chi connectivity index (χ4n) is 4.48. The van der Waals surface area contributed by atoms with E-state index >= 15 is 0 Å². The van der Waals surface area contributed by atoms with Crippen molar-refractivity contribution in [2.75, 3.05) is 38.7 Å². The van der Waals surface area contributed by atoms with Gasteiger partial charge in [0.05, 0.1) is 19.3 Å². The molecule has 1 saturated heterocycles. The molecule has 1 fully saturated rings. The second-order valence-electron chi connectivity index (χ2n) is 10.7. The normalized spacial score (nSPS) is 19.7. The fraction of sp³-hybridized carbons (Fsp3) is 0.517. The minimum Gasteiger partial charge on any atom is -0.491 e. The van der Waals surface area contributed by atoms with Gasteiger partial charge in [-0.05, 0) is 12.1 Å². The van der Waals surface area contributed by atoms with E-state index in [2.05, 4.69) is 10.6 Å². The minimum absolute atomic E-state index is 0.00381. The average Bonchev–Trinajstić information content (AvgIpc) is 3.33. The summed E-state index contributed by atoms with van der Waals surface area (Å²) in [6.45, 7) is 0.615. The number of carboxylic acids is 1.